The van der Waals surface area contributed by atoms with Crippen molar-refractivity contribution in [3.05, 3.63) is 37.4 Å². The summed E-state index contributed by atoms with van der Waals surface area (Å²) in [6.07, 6.45) is 0. The van der Waals surface area contributed by atoms with E-state index in [4.69, 9.17) is 16.7 Å². The van der Waals surface area contributed by atoms with Gasteiger partial charge in [-0.15, -0.1) is 0 Å². The molecule has 96 valence electrons. The summed E-state index contributed by atoms with van der Waals surface area (Å²) in [6, 6.07) is 1.68. The largest absolute Gasteiger partial charge is 0.479 e. The monoisotopic (exact) mass is 276 g/mol. The molecule has 1 N–H and O–H groups in total. The summed E-state index contributed by atoms with van der Waals surface area (Å²) in [4.78, 5) is 29.8. The minimum Gasteiger partial charge on any atom is -0.479 e. The van der Waals surface area contributed by atoms with Gasteiger partial charge in [-0.3, -0.25) is 20.2 Å². The van der Waals surface area contributed by atoms with Crippen LogP contribution in [0.3, 0.4) is 0 Å². The van der Waals surface area contributed by atoms with E-state index in [0.29, 0.717) is 0 Å². The Kier molecular flexibility index (Phi) is 4.00. The molecule has 1 aromatic carbocycles. The van der Waals surface area contributed by atoms with Gasteiger partial charge in [0, 0.05) is 12.1 Å². The number of carbonyl (C=O) groups is 1. The third-order valence-electron chi connectivity index (χ3n) is 1.75. The van der Waals surface area contributed by atoms with Gasteiger partial charge in [-0.05, 0) is 0 Å². The highest BCUT2D eigenvalue weighted by atomic mass is 35.5. The summed E-state index contributed by atoms with van der Waals surface area (Å²) in [5, 5.41) is 29.6. The molecule has 0 radical (unpaired) electrons. The molecule has 18 heavy (non-hydrogen) atoms. The molecule has 0 spiro atoms. The molecule has 0 aliphatic heterocycles. The van der Waals surface area contributed by atoms with Crippen LogP contribution in [0.1, 0.15) is 0 Å². The zero-order valence-corrected chi connectivity index (χ0v) is 9.29. The number of carboxylic acids is 1. The topological polar surface area (TPSA) is 133 Å². The van der Waals surface area contributed by atoms with E-state index in [1.54, 1.807) is 0 Å². The van der Waals surface area contributed by atoms with Crippen molar-refractivity contribution in [3.8, 4) is 5.75 Å². The average Bonchev–Trinajstić information content (AvgIpc) is 2.25. The predicted molar refractivity (Wildman–Crippen MR) is 57.9 cm³/mol. The minimum absolute atomic E-state index is 0.226. The Hall–Kier alpha value is -2.42. The quantitative estimate of drug-likeness (QED) is 0.638. The molecule has 0 aliphatic rings. The number of halogens is 1. The number of aliphatic carboxylic acids is 1. The van der Waals surface area contributed by atoms with Crippen molar-refractivity contribution in [2.45, 2.75) is 0 Å². The SMILES string of the molecule is O=C(O)COc1c([N+](=O)[O-])cc(Cl)cc1[N+](=O)[O-]. The Bertz CT molecular complexity index is 495. The second kappa shape index (κ2) is 5.27. The predicted octanol–water partition coefficient (Wildman–Crippen LogP) is 1.62. The van der Waals surface area contributed by atoms with Crippen LogP contribution in [0.2, 0.25) is 5.02 Å². The molecule has 9 nitrogen and oxygen atoms in total. The van der Waals surface area contributed by atoms with Crippen molar-refractivity contribution < 1.29 is 24.5 Å². The zero-order chi connectivity index (χ0) is 13.9. The van der Waals surface area contributed by atoms with Crippen LogP contribution < -0.4 is 4.74 Å². The molecule has 0 atom stereocenters. The number of rotatable bonds is 5. The third kappa shape index (κ3) is 3.04. The van der Waals surface area contributed by atoms with Crippen LogP contribution in [0.4, 0.5) is 11.4 Å². The van der Waals surface area contributed by atoms with E-state index in [1.807, 2.05) is 0 Å². The number of hydrogen-bond donors (Lipinski definition) is 1. The summed E-state index contributed by atoms with van der Waals surface area (Å²) in [7, 11) is 0. The lowest BCUT2D eigenvalue weighted by molar-refractivity contribution is -0.396. The van der Waals surface area contributed by atoms with E-state index in [-0.39, 0.29) is 5.02 Å². The Labute approximate surface area is 104 Å². The van der Waals surface area contributed by atoms with Gasteiger partial charge < -0.3 is 9.84 Å². The fourth-order valence-electron chi connectivity index (χ4n) is 1.12. The molecule has 1 aromatic rings. The molecule has 0 bridgehead atoms. The van der Waals surface area contributed by atoms with E-state index in [9.17, 15) is 25.0 Å². The van der Waals surface area contributed by atoms with E-state index in [1.165, 1.54) is 0 Å². The van der Waals surface area contributed by atoms with Crippen LogP contribution in [0.5, 0.6) is 5.75 Å². The van der Waals surface area contributed by atoms with Crippen LogP contribution in [-0.2, 0) is 4.79 Å². The van der Waals surface area contributed by atoms with Crippen molar-refractivity contribution in [2.75, 3.05) is 6.61 Å². The molecule has 0 aromatic heterocycles. The second-order valence-corrected chi connectivity index (χ2v) is 3.41. The summed E-state index contributed by atoms with van der Waals surface area (Å²) in [6.45, 7) is -0.941. The van der Waals surface area contributed by atoms with Crippen LogP contribution in [0, 0.1) is 20.2 Å². The third-order valence-corrected chi connectivity index (χ3v) is 1.97. The molecule has 0 saturated carbocycles. The van der Waals surface area contributed by atoms with Crippen LogP contribution in [0.25, 0.3) is 0 Å². The summed E-state index contributed by atoms with van der Waals surface area (Å²) in [5.41, 5.74) is -1.54. The van der Waals surface area contributed by atoms with Gasteiger partial charge in [-0.1, -0.05) is 11.6 Å². The molecule has 0 amide bonds. The Morgan fingerprint density at radius 2 is 1.72 bits per heavy atom. The minimum atomic E-state index is -1.42. The molecule has 0 aliphatic carbocycles. The van der Waals surface area contributed by atoms with Crippen LogP contribution in [0.15, 0.2) is 12.1 Å². The number of nitro benzene ring substituents is 2. The van der Waals surface area contributed by atoms with E-state index >= 15 is 0 Å². The number of hydrogen-bond acceptors (Lipinski definition) is 6. The smallest absolute Gasteiger partial charge is 0.341 e. The van der Waals surface area contributed by atoms with Crippen LogP contribution in [-0.4, -0.2) is 27.5 Å². The fourth-order valence-corrected chi connectivity index (χ4v) is 1.32. The first kappa shape index (κ1) is 13.6. The highest BCUT2D eigenvalue weighted by Crippen LogP contribution is 2.39. The molecule has 0 heterocycles. The first-order valence-corrected chi connectivity index (χ1v) is 4.67. The van der Waals surface area contributed by atoms with E-state index in [2.05, 4.69) is 4.74 Å². The van der Waals surface area contributed by atoms with Gasteiger partial charge in [0.15, 0.2) is 6.61 Å². The Morgan fingerprint density at radius 3 is 2.06 bits per heavy atom. The van der Waals surface area contributed by atoms with Gasteiger partial charge in [0.25, 0.3) is 5.75 Å². The normalized spacial score (nSPS) is 9.83. The van der Waals surface area contributed by atoms with Gasteiger partial charge in [0.2, 0.25) is 0 Å². The van der Waals surface area contributed by atoms with E-state index < -0.39 is 39.5 Å². The van der Waals surface area contributed by atoms with Crippen molar-refractivity contribution in [3.63, 3.8) is 0 Å². The summed E-state index contributed by atoms with van der Waals surface area (Å²) >= 11 is 5.49. The standard InChI is InChI=1S/C8H5ClN2O7/c9-4-1-5(10(14)15)8(18-3-7(12)13)6(2-4)11(16)17/h1-2H,3H2,(H,12,13). The van der Waals surface area contributed by atoms with Gasteiger partial charge >= 0.3 is 17.3 Å². The number of nitrogens with zero attached hydrogens (tertiary/aromatic N) is 2. The molecular weight excluding hydrogens is 272 g/mol. The average molecular weight is 277 g/mol. The van der Waals surface area contributed by atoms with Crippen molar-refractivity contribution >= 4 is 28.9 Å². The second-order valence-electron chi connectivity index (χ2n) is 2.97. The van der Waals surface area contributed by atoms with Gasteiger partial charge in [0.05, 0.1) is 14.9 Å². The fraction of sp³-hybridized carbons (Fsp3) is 0.125. The highest BCUT2D eigenvalue weighted by Gasteiger charge is 2.28. The zero-order valence-electron chi connectivity index (χ0n) is 8.53. The number of ether oxygens (including phenoxy) is 1. The van der Waals surface area contributed by atoms with Gasteiger partial charge in [-0.25, -0.2) is 4.79 Å². The number of benzene rings is 1. The maximum absolute atomic E-state index is 10.7. The highest BCUT2D eigenvalue weighted by molar-refractivity contribution is 6.31. The summed E-state index contributed by atoms with van der Waals surface area (Å²) < 4.78 is 4.57. The van der Waals surface area contributed by atoms with Crippen molar-refractivity contribution in [2.24, 2.45) is 0 Å². The lowest BCUT2D eigenvalue weighted by atomic mass is 10.2. The summed E-state index contributed by atoms with van der Waals surface area (Å²) in [5.74, 6) is -2.16. The maximum atomic E-state index is 10.7. The Morgan fingerprint density at radius 1 is 1.28 bits per heavy atom. The van der Waals surface area contributed by atoms with E-state index in [0.717, 1.165) is 12.1 Å². The van der Waals surface area contributed by atoms with Crippen molar-refractivity contribution in [1.29, 1.82) is 0 Å². The molecule has 0 unspecified atom stereocenters. The molecule has 10 heteroatoms. The number of nitro groups is 2. The molecule has 1 rings (SSSR count). The first-order valence-electron chi connectivity index (χ1n) is 4.30. The van der Waals surface area contributed by atoms with Crippen LogP contribution >= 0.6 is 11.6 Å². The van der Waals surface area contributed by atoms with Gasteiger partial charge in [0.1, 0.15) is 0 Å². The molecule has 0 fully saturated rings. The lowest BCUT2D eigenvalue weighted by Crippen LogP contribution is -2.11. The van der Waals surface area contributed by atoms with Crippen molar-refractivity contribution in [1.82, 2.24) is 0 Å². The van der Waals surface area contributed by atoms with Gasteiger partial charge in [-0.2, -0.15) is 0 Å². The number of carboxylic acid groups (broad SMARTS) is 1. The maximum Gasteiger partial charge on any atom is 0.341 e. The Balaban J connectivity index is 3.36. The first-order chi connectivity index (χ1) is 8.32. The molecular formula is C8H5ClN2O7. The lowest BCUT2D eigenvalue weighted by Gasteiger charge is -2.05. The molecule has 0 saturated heterocycles.